The van der Waals surface area contributed by atoms with E-state index in [1.807, 2.05) is 12.1 Å². The number of amides is 1. The Labute approximate surface area is 116 Å². The summed E-state index contributed by atoms with van der Waals surface area (Å²) in [6, 6.07) is 8.02. The van der Waals surface area contributed by atoms with Crippen molar-refractivity contribution in [3.63, 3.8) is 0 Å². The highest BCUT2D eigenvalue weighted by atomic mass is 16.2. The Morgan fingerprint density at radius 2 is 1.84 bits per heavy atom. The Bertz CT molecular complexity index is 421. The largest absolute Gasteiger partial charge is 0.345 e. The zero-order valence-corrected chi connectivity index (χ0v) is 12.2. The second-order valence-corrected chi connectivity index (χ2v) is 5.67. The molecule has 0 aromatic heterocycles. The van der Waals surface area contributed by atoms with E-state index >= 15 is 0 Å². The average Bonchev–Trinajstić information content (AvgIpc) is 3.22. The molecular weight excluding hydrogens is 236 g/mol. The van der Waals surface area contributed by atoms with Gasteiger partial charge in [-0.1, -0.05) is 19.1 Å². The molecule has 0 spiro atoms. The van der Waals surface area contributed by atoms with Crippen molar-refractivity contribution in [2.45, 2.75) is 26.3 Å². The second kappa shape index (κ2) is 6.20. The number of hydrogen-bond donors (Lipinski definition) is 0. The van der Waals surface area contributed by atoms with Gasteiger partial charge in [0.15, 0.2) is 0 Å². The van der Waals surface area contributed by atoms with Crippen molar-refractivity contribution in [2.24, 2.45) is 5.92 Å². The van der Waals surface area contributed by atoms with E-state index in [1.54, 1.807) is 19.0 Å². The number of rotatable bonds is 6. The lowest BCUT2D eigenvalue weighted by atomic mass is 10.1. The lowest BCUT2D eigenvalue weighted by Crippen LogP contribution is -2.25. The van der Waals surface area contributed by atoms with Crippen LogP contribution < -0.4 is 0 Å². The molecule has 19 heavy (non-hydrogen) atoms. The molecule has 0 N–H and O–H groups in total. The highest BCUT2D eigenvalue weighted by Gasteiger charge is 2.23. The summed E-state index contributed by atoms with van der Waals surface area (Å²) in [4.78, 5) is 15.9. The average molecular weight is 260 g/mol. The maximum absolute atomic E-state index is 11.8. The van der Waals surface area contributed by atoms with Crippen molar-refractivity contribution in [1.82, 2.24) is 9.80 Å². The zero-order valence-electron chi connectivity index (χ0n) is 12.2. The van der Waals surface area contributed by atoms with Gasteiger partial charge in [-0.05, 0) is 43.0 Å². The number of carbonyl (C=O) groups is 1. The van der Waals surface area contributed by atoms with Crippen LogP contribution in [0.15, 0.2) is 24.3 Å². The first-order valence-corrected chi connectivity index (χ1v) is 7.13. The highest BCUT2D eigenvalue weighted by Crippen LogP contribution is 2.30. The fourth-order valence-electron chi connectivity index (χ4n) is 2.24. The lowest BCUT2D eigenvalue weighted by Gasteiger charge is -2.20. The van der Waals surface area contributed by atoms with Crippen molar-refractivity contribution in [3.8, 4) is 0 Å². The van der Waals surface area contributed by atoms with Crippen LogP contribution in [-0.4, -0.2) is 42.9 Å². The maximum Gasteiger partial charge on any atom is 0.253 e. The van der Waals surface area contributed by atoms with Crippen molar-refractivity contribution in [2.75, 3.05) is 27.2 Å². The molecule has 1 aliphatic rings. The summed E-state index contributed by atoms with van der Waals surface area (Å²) in [5.74, 6) is 0.992. The fraction of sp³-hybridized carbons (Fsp3) is 0.562. The minimum Gasteiger partial charge on any atom is -0.345 e. The van der Waals surface area contributed by atoms with Gasteiger partial charge < -0.3 is 4.90 Å². The predicted octanol–water partition coefficient (Wildman–Crippen LogP) is 2.62. The van der Waals surface area contributed by atoms with Gasteiger partial charge in [-0.2, -0.15) is 0 Å². The van der Waals surface area contributed by atoms with Gasteiger partial charge in [0, 0.05) is 32.7 Å². The summed E-state index contributed by atoms with van der Waals surface area (Å²) in [5.41, 5.74) is 2.05. The van der Waals surface area contributed by atoms with Gasteiger partial charge in [0.05, 0.1) is 0 Å². The Morgan fingerprint density at radius 3 is 2.32 bits per heavy atom. The van der Waals surface area contributed by atoms with Crippen LogP contribution in [0.25, 0.3) is 0 Å². The molecule has 1 aliphatic carbocycles. The van der Waals surface area contributed by atoms with Crippen molar-refractivity contribution in [1.29, 1.82) is 0 Å². The number of benzene rings is 1. The van der Waals surface area contributed by atoms with Gasteiger partial charge in [-0.25, -0.2) is 0 Å². The quantitative estimate of drug-likeness (QED) is 0.785. The van der Waals surface area contributed by atoms with E-state index < -0.39 is 0 Å². The SMILES string of the molecule is CCN(Cc1ccc(C(=O)N(C)C)cc1)CC1CC1. The Kier molecular flexibility index (Phi) is 4.59. The molecule has 0 radical (unpaired) electrons. The van der Waals surface area contributed by atoms with Crippen LogP contribution in [0.4, 0.5) is 0 Å². The fourth-order valence-corrected chi connectivity index (χ4v) is 2.24. The van der Waals surface area contributed by atoms with Crippen molar-refractivity contribution < 1.29 is 4.79 Å². The molecule has 0 saturated heterocycles. The summed E-state index contributed by atoms with van der Waals surface area (Å²) >= 11 is 0. The van der Waals surface area contributed by atoms with E-state index in [9.17, 15) is 4.79 Å². The number of carbonyl (C=O) groups excluding carboxylic acids is 1. The van der Waals surface area contributed by atoms with Crippen LogP contribution in [0.2, 0.25) is 0 Å². The maximum atomic E-state index is 11.8. The van der Waals surface area contributed by atoms with Gasteiger partial charge in [0.1, 0.15) is 0 Å². The smallest absolute Gasteiger partial charge is 0.253 e. The first kappa shape index (κ1) is 14.1. The second-order valence-electron chi connectivity index (χ2n) is 5.67. The molecule has 2 rings (SSSR count). The van der Waals surface area contributed by atoms with E-state index in [0.29, 0.717) is 0 Å². The predicted molar refractivity (Wildman–Crippen MR) is 78.1 cm³/mol. The molecule has 0 heterocycles. The topological polar surface area (TPSA) is 23.6 Å². The van der Waals surface area contributed by atoms with Gasteiger partial charge in [-0.15, -0.1) is 0 Å². The van der Waals surface area contributed by atoms with Crippen molar-refractivity contribution in [3.05, 3.63) is 35.4 Å². The van der Waals surface area contributed by atoms with Crippen LogP contribution >= 0.6 is 0 Å². The van der Waals surface area contributed by atoms with E-state index in [4.69, 9.17) is 0 Å². The van der Waals surface area contributed by atoms with Gasteiger partial charge in [0.2, 0.25) is 0 Å². The summed E-state index contributed by atoms with van der Waals surface area (Å²) < 4.78 is 0. The first-order chi connectivity index (χ1) is 9.10. The van der Waals surface area contributed by atoms with E-state index in [0.717, 1.165) is 24.6 Å². The number of hydrogen-bond acceptors (Lipinski definition) is 2. The molecule has 0 atom stereocenters. The van der Waals surface area contributed by atoms with Crippen LogP contribution in [-0.2, 0) is 6.54 Å². The van der Waals surface area contributed by atoms with E-state index in [1.165, 1.54) is 24.9 Å². The van der Waals surface area contributed by atoms with Gasteiger partial charge in [0.25, 0.3) is 5.91 Å². The summed E-state index contributed by atoms with van der Waals surface area (Å²) in [6.07, 6.45) is 2.79. The first-order valence-electron chi connectivity index (χ1n) is 7.13. The van der Waals surface area contributed by atoms with E-state index in [-0.39, 0.29) is 5.91 Å². The third-order valence-electron chi connectivity index (χ3n) is 3.67. The summed E-state index contributed by atoms with van der Waals surface area (Å²) in [6.45, 7) is 5.51. The molecule has 0 unspecified atom stereocenters. The van der Waals surface area contributed by atoms with Crippen LogP contribution in [0.1, 0.15) is 35.7 Å². The molecule has 1 aromatic carbocycles. The van der Waals surface area contributed by atoms with Gasteiger partial charge >= 0.3 is 0 Å². The molecule has 1 fully saturated rings. The minimum absolute atomic E-state index is 0.0666. The highest BCUT2D eigenvalue weighted by molar-refractivity contribution is 5.93. The zero-order chi connectivity index (χ0) is 13.8. The van der Waals surface area contributed by atoms with Crippen molar-refractivity contribution >= 4 is 5.91 Å². The molecule has 104 valence electrons. The summed E-state index contributed by atoms with van der Waals surface area (Å²) in [7, 11) is 3.56. The monoisotopic (exact) mass is 260 g/mol. The molecule has 1 aromatic rings. The Morgan fingerprint density at radius 1 is 1.21 bits per heavy atom. The minimum atomic E-state index is 0.0666. The molecular formula is C16H24N2O. The number of nitrogens with zero attached hydrogens (tertiary/aromatic N) is 2. The van der Waals surface area contributed by atoms with E-state index in [2.05, 4.69) is 24.0 Å². The van der Waals surface area contributed by atoms with Gasteiger partial charge in [-0.3, -0.25) is 9.69 Å². The van der Waals surface area contributed by atoms with Crippen LogP contribution in [0.5, 0.6) is 0 Å². The van der Waals surface area contributed by atoms with Crippen LogP contribution in [0, 0.1) is 5.92 Å². The molecule has 3 nitrogen and oxygen atoms in total. The molecule has 1 amide bonds. The molecule has 0 aliphatic heterocycles. The third kappa shape index (κ3) is 4.06. The third-order valence-corrected chi connectivity index (χ3v) is 3.67. The molecule has 3 heteroatoms. The van der Waals surface area contributed by atoms with Crippen LogP contribution in [0.3, 0.4) is 0 Å². The normalized spacial score (nSPS) is 14.7. The Hall–Kier alpha value is -1.35. The summed E-state index contributed by atoms with van der Waals surface area (Å²) in [5, 5.41) is 0. The Balaban J connectivity index is 1.95. The lowest BCUT2D eigenvalue weighted by molar-refractivity contribution is 0.0827. The standard InChI is InChI=1S/C16H24N2O/c1-4-18(11-13-5-6-13)12-14-7-9-15(10-8-14)16(19)17(2)3/h7-10,13H,4-6,11-12H2,1-3H3. The molecule has 0 bridgehead atoms. The molecule has 1 saturated carbocycles.